The molecule has 1 N–H and O–H groups in total. The Labute approximate surface area is 190 Å². The molecule has 0 spiro atoms. The third-order valence-corrected chi connectivity index (χ3v) is 5.85. The van der Waals surface area contributed by atoms with Gasteiger partial charge in [0.2, 0.25) is 0 Å². The van der Waals surface area contributed by atoms with Crippen LogP contribution in [0.1, 0.15) is 35.3 Å². The number of amides is 1. The molecule has 1 amide bonds. The number of hydrazine groups is 1. The molecule has 0 bridgehead atoms. The molecule has 4 rings (SSSR count). The van der Waals surface area contributed by atoms with E-state index in [1.807, 2.05) is 36.2 Å². The highest BCUT2D eigenvalue weighted by Gasteiger charge is 2.24. The van der Waals surface area contributed by atoms with Gasteiger partial charge in [0.1, 0.15) is 0 Å². The van der Waals surface area contributed by atoms with Gasteiger partial charge in [-0.2, -0.15) is 5.10 Å². The SMILES string of the molecule is Cc1c(C(=O)NN2CCCCC2)nn(-c2cc(Cl)cc(Cl)c2)c1-c1ccc(Cl)cc1. The molecule has 1 aromatic heterocycles. The maximum absolute atomic E-state index is 13.0. The summed E-state index contributed by atoms with van der Waals surface area (Å²) in [5, 5.41) is 8.24. The fourth-order valence-electron chi connectivity index (χ4n) is 3.71. The second-order valence-corrected chi connectivity index (χ2v) is 8.67. The van der Waals surface area contributed by atoms with Crippen molar-refractivity contribution >= 4 is 40.7 Å². The molecular formula is C22H21Cl3N4O. The number of rotatable bonds is 4. The lowest BCUT2D eigenvalue weighted by Crippen LogP contribution is -2.45. The molecule has 3 aromatic rings. The Balaban J connectivity index is 1.80. The first-order valence-corrected chi connectivity index (χ1v) is 10.9. The Morgan fingerprint density at radius 2 is 1.57 bits per heavy atom. The molecule has 156 valence electrons. The maximum Gasteiger partial charge on any atom is 0.286 e. The zero-order valence-corrected chi connectivity index (χ0v) is 18.7. The summed E-state index contributed by atoms with van der Waals surface area (Å²) in [6, 6.07) is 12.6. The van der Waals surface area contributed by atoms with E-state index in [4.69, 9.17) is 34.8 Å². The summed E-state index contributed by atoms with van der Waals surface area (Å²) in [7, 11) is 0. The summed E-state index contributed by atoms with van der Waals surface area (Å²) in [4.78, 5) is 13.0. The molecule has 2 aromatic carbocycles. The molecule has 1 aliphatic rings. The molecule has 0 unspecified atom stereocenters. The first kappa shape index (κ1) is 21.2. The second kappa shape index (κ2) is 8.98. The number of hydrogen-bond donors (Lipinski definition) is 1. The van der Waals surface area contributed by atoms with Crippen LogP contribution < -0.4 is 5.43 Å². The van der Waals surface area contributed by atoms with Crippen LogP contribution in [-0.2, 0) is 0 Å². The molecule has 0 aliphatic carbocycles. The Morgan fingerprint density at radius 1 is 0.933 bits per heavy atom. The normalized spacial score (nSPS) is 14.7. The van der Waals surface area contributed by atoms with Crippen molar-refractivity contribution in [1.82, 2.24) is 20.2 Å². The predicted octanol–water partition coefficient (Wildman–Crippen LogP) is 5.94. The molecule has 2 heterocycles. The van der Waals surface area contributed by atoms with Gasteiger partial charge in [-0.1, -0.05) is 53.4 Å². The minimum atomic E-state index is -0.225. The largest absolute Gasteiger partial charge is 0.286 e. The van der Waals surface area contributed by atoms with Gasteiger partial charge >= 0.3 is 0 Å². The van der Waals surface area contributed by atoms with E-state index in [9.17, 15) is 4.79 Å². The molecular weight excluding hydrogens is 443 g/mol. The summed E-state index contributed by atoms with van der Waals surface area (Å²) < 4.78 is 1.71. The number of nitrogens with one attached hydrogen (secondary N) is 1. The molecule has 1 saturated heterocycles. The topological polar surface area (TPSA) is 50.2 Å². The van der Waals surface area contributed by atoms with Crippen molar-refractivity contribution in [3.8, 4) is 16.9 Å². The highest BCUT2D eigenvalue weighted by Crippen LogP contribution is 2.31. The Morgan fingerprint density at radius 3 is 2.20 bits per heavy atom. The average molecular weight is 464 g/mol. The second-order valence-electron chi connectivity index (χ2n) is 7.36. The van der Waals surface area contributed by atoms with E-state index in [1.165, 1.54) is 6.42 Å². The first-order chi connectivity index (χ1) is 14.4. The summed E-state index contributed by atoms with van der Waals surface area (Å²) >= 11 is 18.5. The quantitative estimate of drug-likeness (QED) is 0.521. The van der Waals surface area contributed by atoms with Crippen LogP contribution in [0.3, 0.4) is 0 Å². The highest BCUT2D eigenvalue weighted by atomic mass is 35.5. The van der Waals surface area contributed by atoms with Gasteiger partial charge in [-0.25, -0.2) is 9.69 Å². The Bertz CT molecular complexity index is 1050. The van der Waals surface area contributed by atoms with Crippen molar-refractivity contribution in [2.24, 2.45) is 0 Å². The maximum atomic E-state index is 13.0. The van der Waals surface area contributed by atoms with Crippen LogP contribution >= 0.6 is 34.8 Å². The summed E-state index contributed by atoms with van der Waals surface area (Å²) in [6.45, 7) is 3.59. The molecule has 5 nitrogen and oxygen atoms in total. The van der Waals surface area contributed by atoms with Crippen LogP contribution in [0.2, 0.25) is 15.1 Å². The van der Waals surface area contributed by atoms with E-state index >= 15 is 0 Å². The van der Waals surface area contributed by atoms with E-state index in [0.717, 1.165) is 42.8 Å². The zero-order chi connectivity index (χ0) is 21.3. The molecule has 1 fully saturated rings. The van der Waals surface area contributed by atoms with Gasteiger partial charge in [-0.05, 0) is 50.1 Å². The fraction of sp³-hybridized carbons (Fsp3) is 0.273. The summed E-state index contributed by atoms with van der Waals surface area (Å²) in [5.41, 5.74) is 6.48. The lowest BCUT2D eigenvalue weighted by molar-refractivity contribution is 0.0743. The van der Waals surface area contributed by atoms with Crippen molar-refractivity contribution in [3.63, 3.8) is 0 Å². The summed E-state index contributed by atoms with van der Waals surface area (Å²) in [6.07, 6.45) is 3.34. The van der Waals surface area contributed by atoms with Gasteiger partial charge in [-0.3, -0.25) is 10.2 Å². The van der Waals surface area contributed by atoms with Gasteiger partial charge in [-0.15, -0.1) is 0 Å². The van der Waals surface area contributed by atoms with Crippen molar-refractivity contribution in [3.05, 3.63) is 68.8 Å². The van der Waals surface area contributed by atoms with Crippen LogP contribution in [0.25, 0.3) is 16.9 Å². The number of carbonyl (C=O) groups is 1. The minimum absolute atomic E-state index is 0.225. The first-order valence-electron chi connectivity index (χ1n) is 9.80. The van der Waals surface area contributed by atoms with Gasteiger partial charge in [0.15, 0.2) is 5.69 Å². The molecule has 0 radical (unpaired) electrons. The zero-order valence-electron chi connectivity index (χ0n) is 16.5. The third kappa shape index (κ3) is 4.49. The monoisotopic (exact) mass is 462 g/mol. The van der Waals surface area contributed by atoms with Gasteiger partial charge in [0.05, 0.1) is 11.4 Å². The number of piperidine rings is 1. The third-order valence-electron chi connectivity index (χ3n) is 5.16. The number of nitrogens with zero attached hydrogens (tertiary/aromatic N) is 3. The lowest BCUT2D eigenvalue weighted by Gasteiger charge is -2.26. The van der Waals surface area contributed by atoms with E-state index in [1.54, 1.807) is 22.9 Å². The number of benzene rings is 2. The molecule has 0 atom stereocenters. The lowest BCUT2D eigenvalue weighted by atomic mass is 10.1. The van der Waals surface area contributed by atoms with Crippen molar-refractivity contribution in [2.45, 2.75) is 26.2 Å². The Hall–Kier alpha value is -2.05. The molecule has 0 saturated carbocycles. The number of aromatic nitrogens is 2. The Kier molecular flexibility index (Phi) is 6.34. The number of carbonyl (C=O) groups excluding carboxylic acids is 1. The van der Waals surface area contributed by atoms with Crippen molar-refractivity contribution in [1.29, 1.82) is 0 Å². The average Bonchev–Trinajstić information content (AvgIpc) is 3.06. The van der Waals surface area contributed by atoms with Gasteiger partial charge in [0, 0.05) is 39.3 Å². The number of halogens is 3. The smallest absolute Gasteiger partial charge is 0.283 e. The van der Waals surface area contributed by atoms with Crippen LogP contribution in [0.15, 0.2) is 42.5 Å². The van der Waals surface area contributed by atoms with Crippen LogP contribution in [0.5, 0.6) is 0 Å². The standard InChI is InChI=1S/C22H21Cl3N4O/c1-14-20(22(30)27-28-9-3-2-4-10-28)26-29(19-12-17(24)11-18(25)13-19)21(14)15-5-7-16(23)8-6-15/h5-8,11-13H,2-4,9-10H2,1H3,(H,27,30). The summed E-state index contributed by atoms with van der Waals surface area (Å²) in [5.74, 6) is -0.225. The van der Waals surface area contributed by atoms with Crippen LogP contribution in [0.4, 0.5) is 0 Å². The van der Waals surface area contributed by atoms with E-state index in [2.05, 4.69) is 10.5 Å². The fourth-order valence-corrected chi connectivity index (χ4v) is 4.35. The number of hydrogen-bond acceptors (Lipinski definition) is 3. The molecule has 8 heteroatoms. The highest BCUT2D eigenvalue weighted by molar-refractivity contribution is 6.34. The molecule has 30 heavy (non-hydrogen) atoms. The van der Waals surface area contributed by atoms with Crippen molar-refractivity contribution < 1.29 is 4.79 Å². The van der Waals surface area contributed by atoms with Gasteiger partial charge in [0.25, 0.3) is 5.91 Å². The predicted molar refractivity (Wildman–Crippen MR) is 122 cm³/mol. The van der Waals surface area contributed by atoms with E-state index in [0.29, 0.717) is 26.4 Å². The van der Waals surface area contributed by atoms with Gasteiger partial charge < -0.3 is 0 Å². The van der Waals surface area contributed by atoms with Crippen LogP contribution in [0, 0.1) is 6.92 Å². The van der Waals surface area contributed by atoms with E-state index in [-0.39, 0.29) is 5.91 Å². The molecule has 1 aliphatic heterocycles. The van der Waals surface area contributed by atoms with E-state index < -0.39 is 0 Å². The van der Waals surface area contributed by atoms with Crippen molar-refractivity contribution in [2.75, 3.05) is 13.1 Å². The minimum Gasteiger partial charge on any atom is -0.283 e. The van der Waals surface area contributed by atoms with Crippen LogP contribution in [-0.4, -0.2) is 33.8 Å².